The van der Waals surface area contributed by atoms with Gasteiger partial charge in [0.2, 0.25) is 5.78 Å². The summed E-state index contributed by atoms with van der Waals surface area (Å²) in [4.78, 5) is 48.9. The molecular formula is C20H21N3O4S2. The number of carbonyl (C=O) groups excluding carboxylic acids is 2. The highest BCUT2D eigenvalue weighted by Gasteiger charge is 2.21. The highest BCUT2D eigenvalue weighted by Crippen LogP contribution is 2.33. The molecule has 4 rings (SSSR count). The second kappa shape index (κ2) is 8.54. The summed E-state index contributed by atoms with van der Waals surface area (Å²) in [6.45, 7) is 1.42. The Kier molecular flexibility index (Phi) is 5.86. The highest BCUT2D eigenvalue weighted by molar-refractivity contribution is 7.99. The number of hydrogen-bond acceptors (Lipinski definition) is 7. The molecule has 1 aliphatic carbocycles. The first-order valence-corrected chi connectivity index (χ1v) is 11.4. The number of ketones is 1. The number of esters is 1. The van der Waals surface area contributed by atoms with Crippen molar-refractivity contribution in [2.45, 2.75) is 43.6 Å². The van der Waals surface area contributed by atoms with Gasteiger partial charge in [-0.1, -0.05) is 0 Å². The van der Waals surface area contributed by atoms with Crippen molar-refractivity contribution >= 4 is 45.1 Å². The Morgan fingerprint density at radius 3 is 2.97 bits per heavy atom. The molecule has 9 heteroatoms. The predicted molar refractivity (Wildman–Crippen MR) is 114 cm³/mol. The largest absolute Gasteiger partial charge is 0.456 e. The number of fused-ring (bicyclic) bond motifs is 3. The van der Waals surface area contributed by atoms with Crippen LogP contribution in [0.5, 0.6) is 0 Å². The maximum absolute atomic E-state index is 12.6. The van der Waals surface area contributed by atoms with Crippen LogP contribution in [0.15, 0.2) is 23.1 Å². The van der Waals surface area contributed by atoms with Crippen molar-refractivity contribution in [1.29, 1.82) is 0 Å². The van der Waals surface area contributed by atoms with Gasteiger partial charge in [-0.15, -0.1) is 23.1 Å². The maximum atomic E-state index is 12.6. The maximum Gasteiger partial charge on any atom is 0.319 e. The highest BCUT2D eigenvalue weighted by atomic mass is 32.2. The zero-order chi connectivity index (χ0) is 20.4. The number of carbonyl (C=O) groups is 2. The predicted octanol–water partition coefficient (Wildman–Crippen LogP) is 3.24. The van der Waals surface area contributed by atoms with E-state index >= 15 is 0 Å². The lowest BCUT2D eigenvalue weighted by Crippen LogP contribution is -2.22. The third-order valence-corrected chi connectivity index (χ3v) is 7.24. The van der Waals surface area contributed by atoms with Gasteiger partial charge in [0.15, 0.2) is 6.61 Å². The van der Waals surface area contributed by atoms with Crippen molar-refractivity contribution < 1.29 is 14.3 Å². The number of nitrogens with zero attached hydrogens (tertiary/aromatic N) is 1. The molecule has 0 aliphatic heterocycles. The molecule has 0 fully saturated rings. The van der Waals surface area contributed by atoms with Crippen molar-refractivity contribution in [1.82, 2.24) is 15.0 Å². The summed E-state index contributed by atoms with van der Waals surface area (Å²) >= 11 is 2.92. The van der Waals surface area contributed by atoms with Crippen molar-refractivity contribution in [2.75, 3.05) is 6.61 Å². The van der Waals surface area contributed by atoms with Gasteiger partial charge in [0, 0.05) is 11.1 Å². The summed E-state index contributed by atoms with van der Waals surface area (Å²) in [6.07, 6.45) is 5.87. The number of aromatic nitrogens is 3. The quantitative estimate of drug-likeness (QED) is 0.440. The Balaban J connectivity index is 1.37. The van der Waals surface area contributed by atoms with Crippen LogP contribution in [0, 0.1) is 0 Å². The normalized spacial score (nSPS) is 14.5. The number of ether oxygens (including phenoxy) is 1. The molecule has 2 N–H and O–H groups in total. The first kappa shape index (κ1) is 19.9. The van der Waals surface area contributed by atoms with E-state index in [0.717, 1.165) is 41.5 Å². The minimum atomic E-state index is -0.482. The zero-order valence-corrected chi connectivity index (χ0v) is 17.6. The molecule has 3 heterocycles. The second-order valence-electron chi connectivity index (χ2n) is 6.97. The van der Waals surface area contributed by atoms with Gasteiger partial charge in [-0.25, -0.2) is 4.98 Å². The van der Waals surface area contributed by atoms with Crippen LogP contribution in [0.2, 0.25) is 0 Å². The molecule has 0 aromatic carbocycles. The Labute approximate surface area is 175 Å². The molecule has 152 valence electrons. The molecule has 1 aliphatic rings. The van der Waals surface area contributed by atoms with Gasteiger partial charge >= 0.3 is 5.97 Å². The van der Waals surface area contributed by atoms with Crippen LogP contribution in [-0.4, -0.2) is 38.6 Å². The van der Waals surface area contributed by atoms with Crippen molar-refractivity contribution in [3.63, 3.8) is 0 Å². The third-order valence-electron chi connectivity index (χ3n) is 4.92. The van der Waals surface area contributed by atoms with Crippen molar-refractivity contribution in [3.8, 4) is 0 Å². The summed E-state index contributed by atoms with van der Waals surface area (Å²) in [7, 11) is 0. The Morgan fingerprint density at radius 1 is 1.34 bits per heavy atom. The first-order valence-electron chi connectivity index (χ1n) is 9.51. The third kappa shape index (κ3) is 4.30. The van der Waals surface area contributed by atoms with E-state index in [-0.39, 0.29) is 17.9 Å². The number of aromatic amines is 2. The number of hydrogen-bond donors (Lipinski definition) is 2. The lowest BCUT2D eigenvalue weighted by Gasteiger charge is -2.11. The van der Waals surface area contributed by atoms with Gasteiger partial charge < -0.3 is 14.7 Å². The number of H-pyrrole nitrogens is 2. The fraction of sp³-hybridized carbons (Fsp3) is 0.400. The number of aryl methyl sites for hydroxylation is 2. The molecule has 29 heavy (non-hydrogen) atoms. The number of rotatable bonds is 7. The lowest BCUT2D eigenvalue weighted by molar-refractivity contribution is -0.141. The molecule has 3 aromatic rings. The Morgan fingerprint density at radius 2 is 2.17 bits per heavy atom. The van der Waals surface area contributed by atoms with E-state index in [1.807, 2.05) is 0 Å². The molecule has 0 saturated carbocycles. The summed E-state index contributed by atoms with van der Waals surface area (Å²) in [5.74, 6) is 0.186. The van der Waals surface area contributed by atoms with E-state index in [4.69, 9.17) is 4.74 Å². The van der Waals surface area contributed by atoms with E-state index in [1.54, 1.807) is 36.6 Å². The Hall–Kier alpha value is -2.39. The van der Waals surface area contributed by atoms with E-state index < -0.39 is 11.2 Å². The summed E-state index contributed by atoms with van der Waals surface area (Å²) in [5.41, 5.74) is 1.47. The number of thioether (sulfide) groups is 1. The monoisotopic (exact) mass is 431 g/mol. The van der Waals surface area contributed by atoms with Crippen LogP contribution < -0.4 is 5.56 Å². The second-order valence-corrected chi connectivity index (χ2v) is 9.38. The van der Waals surface area contributed by atoms with Crippen LogP contribution >= 0.6 is 23.1 Å². The fourth-order valence-corrected chi connectivity index (χ4v) is 5.41. The molecule has 0 bridgehead atoms. The van der Waals surface area contributed by atoms with E-state index in [1.165, 1.54) is 16.6 Å². The lowest BCUT2D eigenvalue weighted by atomic mass is 9.97. The molecule has 0 unspecified atom stereocenters. The molecule has 7 nitrogen and oxygen atoms in total. The number of thiophene rings is 1. The van der Waals surface area contributed by atoms with Crippen LogP contribution in [0.1, 0.15) is 46.5 Å². The molecule has 0 saturated heterocycles. The van der Waals surface area contributed by atoms with Crippen LogP contribution in [0.25, 0.3) is 10.2 Å². The summed E-state index contributed by atoms with van der Waals surface area (Å²) < 4.78 is 5.11. The molecule has 0 spiro atoms. The van der Waals surface area contributed by atoms with Crippen molar-refractivity contribution in [3.05, 3.63) is 50.6 Å². The van der Waals surface area contributed by atoms with Crippen LogP contribution in [0.4, 0.5) is 0 Å². The van der Waals surface area contributed by atoms with Gasteiger partial charge in [0.05, 0.1) is 16.8 Å². The van der Waals surface area contributed by atoms with E-state index in [0.29, 0.717) is 17.3 Å². The topological polar surface area (TPSA) is 105 Å². The molecule has 0 amide bonds. The average Bonchev–Trinajstić information content (AvgIpc) is 3.37. The van der Waals surface area contributed by atoms with Gasteiger partial charge in [0.1, 0.15) is 15.9 Å². The summed E-state index contributed by atoms with van der Waals surface area (Å²) in [5, 5.41) is 0.248. The minimum absolute atomic E-state index is 0.100. The standard InChI is InChI=1S/C20H21N3O4S2/c1-11(20(26)27-9-14(24)13-6-4-8-21-13)28-10-16-22-18(25)17-12-5-2-3-7-15(12)29-19(17)23-16/h4,6,8,11,21H,2-3,5,7,9-10H2,1H3,(H,22,23,25)/t11-/m1/s1. The average molecular weight is 432 g/mol. The van der Waals surface area contributed by atoms with Crippen LogP contribution in [0.3, 0.4) is 0 Å². The fourth-order valence-electron chi connectivity index (χ4n) is 3.38. The molecule has 1 atom stereocenters. The smallest absolute Gasteiger partial charge is 0.319 e. The van der Waals surface area contributed by atoms with Gasteiger partial charge in [-0.2, -0.15) is 0 Å². The SMILES string of the molecule is C[C@@H](SCc1nc2sc3c(c2c(=O)[nH]1)CCCC3)C(=O)OCC(=O)c1ccc[nH]1. The first-order chi connectivity index (χ1) is 14.0. The van der Waals surface area contributed by atoms with E-state index in [9.17, 15) is 14.4 Å². The molecular weight excluding hydrogens is 410 g/mol. The van der Waals surface area contributed by atoms with E-state index in [2.05, 4.69) is 15.0 Å². The van der Waals surface area contributed by atoms with Gasteiger partial charge in [0.25, 0.3) is 5.56 Å². The van der Waals surface area contributed by atoms with Crippen LogP contribution in [-0.2, 0) is 28.1 Å². The molecule has 3 aromatic heterocycles. The minimum Gasteiger partial charge on any atom is -0.456 e. The van der Waals surface area contributed by atoms with Gasteiger partial charge in [-0.05, 0) is 50.3 Å². The number of nitrogens with one attached hydrogen (secondary N) is 2. The number of Topliss-reactive ketones (excluding diaryl/α,β-unsaturated/α-hetero) is 1. The summed E-state index contributed by atoms with van der Waals surface area (Å²) in [6, 6.07) is 3.34. The Bertz CT molecular complexity index is 1100. The van der Waals surface area contributed by atoms with Gasteiger partial charge in [-0.3, -0.25) is 14.4 Å². The zero-order valence-electron chi connectivity index (χ0n) is 15.9. The van der Waals surface area contributed by atoms with Crippen molar-refractivity contribution in [2.24, 2.45) is 0 Å². The molecule has 0 radical (unpaired) electrons.